The zero-order chi connectivity index (χ0) is 17.1. The minimum absolute atomic E-state index is 0.0461. The van der Waals surface area contributed by atoms with E-state index in [-0.39, 0.29) is 34.9 Å². The summed E-state index contributed by atoms with van der Waals surface area (Å²) in [5.41, 5.74) is 1.06. The second kappa shape index (κ2) is 5.30. The van der Waals surface area contributed by atoms with E-state index >= 15 is 0 Å². The Morgan fingerprint density at radius 2 is 1.79 bits per heavy atom. The van der Waals surface area contributed by atoms with Crippen LogP contribution in [-0.2, 0) is 14.6 Å². The summed E-state index contributed by atoms with van der Waals surface area (Å²) in [6.45, 7) is 2.54. The number of nitrogens with zero attached hydrogens (tertiary/aromatic N) is 3. The highest BCUT2D eigenvalue weighted by Gasteiger charge is 2.51. The number of H-pyrrole nitrogens is 1. The van der Waals surface area contributed by atoms with Crippen LogP contribution in [-0.4, -0.2) is 76.9 Å². The lowest BCUT2D eigenvalue weighted by Gasteiger charge is -2.43. The Morgan fingerprint density at radius 1 is 1.17 bits per heavy atom. The maximum atomic E-state index is 12.7. The minimum Gasteiger partial charge on any atom is -0.335 e. The van der Waals surface area contributed by atoms with E-state index < -0.39 is 21.9 Å². The van der Waals surface area contributed by atoms with Gasteiger partial charge in [0.15, 0.2) is 9.84 Å². The maximum absolute atomic E-state index is 12.7. The molecule has 3 heterocycles. The molecule has 1 aromatic heterocycles. The highest BCUT2D eigenvalue weighted by Crippen LogP contribution is 2.35. The van der Waals surface area contributed by atoms with Crippen LogP contribution < -0.4 is 0 Å². The Kier molecular flexibility index (Phi) is 3.45. The number of piperazine rings is 1. The van der Waals surface area contributed by atoms with Crippen molar-refractivity contribution in [3.8, 4) is 0 Å². The van der Waals surface area contributed by atoms with Crippen molar-refractivity contribution in [1.82, 2.24) is 20.0 Å². The summed E-state index contributed by atoms with van der Waals surface area (Å²) < 4.78 is 24.3. The summed E-state index contributed by atoms with van der Waals surface area (Å²) in [4.78, 5) is 28.5. The van der Waals surface area contributed by atoms with Crippen molar-refractivity contribution < 1.29 is 18.0 Å². The van der Waals surface area contributed by atoms with Crippen molar-refractivity contribution in [2.24, 2.45) is 5.92 Å². The predicted molar refractivity (Wildman–Crippen MR) is 85.0 cm³/mol. The molecule has 8 nitrogen and oxygen atoms in total. The van der Waals surface area contributed by atoms with Gasteiger partial charge >= 0.3 is 0 Å². The number of fused-ring (bicyclic) bond motifs is 1. The van der Waals surface area contributed by atoms with Gasteiger partial charge in [-0.15, -0.1) is 0 Å². The van der Waals surface area contributed by atoms with Crippen molar-refractivity contribution >= 4 is 21.7 Å². The van der Waals surface area contributed by atoms with E-state index in [0.29, 0.717) is 13.1 Å². The third-order valence-corrected chi connectivity index (χ3v) is 6.77. The fraction of sp³-hybridized carbons (Fsp3) is 0.667. The summed E-state index contributed by atoms with van der Waals surface area (Å²) in [5, 5.41) is 6.72. The third-order valence-electron chi connectivity index (χ3n) is 5.07. The molecule has 2 amide bonds. The summed E-state index contributed by atoms with van der Waals surface area (Å²) in [6.07, 6.45) is 1.77. The van der Waals surface area contributed by atoms with Gasteiger partial charge in [0.2, 0.25) is 5.91 Å². The molecular formula is C15H20N4O4S. The number of amides is 2. The van der Waals surface area contributed by atoms with E-state index in [4.69, 9.17) is 0 Å². The number of nitrogens with one attached hydrogen (secondary N) is 1. The van der Waals surface area contributed by atoms with Crippen LogP contribution in [0.25, 0.3) is 0 Å². The number of aryl methyl sites for hydroxylation is 1. The normalized spacial score (nSPS) is 28.7. The molecule has 130 valence electrons. The molecule has 0 bridgehead atoms. The van der Waals surface area contributed by atoms with Crippen LogP contribution in [0.5, 0.6) is 0 Å². The summed E-state index contributed by atoms with van der Waals surface area (Å²) >= 11 is 0. The van der Waals surface area contributed by atoms with Gasteiger partial charge in [0.05, 0.1) is 23.6 Å². The number of carbonyl (C=O) groups excluding carboxylic acids is 2. The van der Waals surface area contributed by atoms with E-state index in [1.807, 2.05) is 0 Å². The lowest BCUT2D eigenvalue weighted by molar-refractivity contribution is -0.137. The fourth-order valence-corrected chi connectivity index (χ4v) is 5.70. The number of rotatable bonds is 2. The molecule has 4 rings (SSSR count). The SMILES string of the molecule is Cc1cc(C(=O)N2CCN(C(=O)C3CC3)[C@@H]3CS(=O)(=O)C[C@@H]32)n[nH]1. The molecule has 3 fully saturated rings. The smallest absolute Gasteiger partial charge is 0.274 e. The third kappa shape index (κ3) is 2.60. The largest absolute Gasteiger partial charge is 0.335 e. The molecule has 1 aliphatic carbocycles. The van der Waals surface area contributed by atoms with E-state index in [1.54, 1.807) is 22.8 Å². The van der Waals surface area contributed by atoms with Gasteiger partial charge in [-0.1, -0.05) is 0 Å². The molecule has 2 saturated heterocycles. The summed E-state index contributed by atoms with van der Waals surface area (Å²) in [7, 11) is -3.26. The molecule has 0 unspecified atom stereocenters. The lowest BCUT2D eigenvalue weighted by atomic mass is 10.0. The van der Waals surface area contributed by atoms with Crippen molar-refractivity contribution in [2.75, 3.05) is 24.6 Å². The molecule has 9 heteroatoms. The fourth-order valence-electron chi connectivity index (χ4n) is 3.72. The van der Waals surface area contributed by atoms with Crippen LogP contribution in [0.3, 0.4) is 0 Å². The highest BCUT2D eigenvalue weighted by atomic mass is 32.2. The molecule has 1 aromatic rings. The molecular weight excluding hydrogens is 332 g/mol. The number of sulfone groups is 1. The van der Waals surface area contributed by atoms with Crippen LogP contribution in [0.4, 0.5) is 0 Å². The molecule has 0 aromatic carbocycles. The van der Waals surface area contributed by atoms with Crippen LogP contribution >= 0.6 is 0 Å². The second-order valence-corrected chi connectivity index (χ2v) is 9.11. The van der Waals surface area contributed by atoms with Gasteiger partial charge in [-0.3, -0.25) is 14.7 Å². The van der Waals surface area contributed by atoms with Crippen molar-refractivity contribution in [1.29, 1.82) is 0 Å². The standard InChI is InChI=1S/C15H20N4O4S/c1-9-6-11(17-16-9)15(21)19-5-4-18(14(20)10-2-3-10)12-7-24(22,23)8-13(12)19/h6,10,12-13H,2-5,7-8H2,1H3,(H,16,17)/t12-,13+/m1/s1. The van der Waals surface area contributed by atoms with Crippen LogP contribution in [0.2, 0.25) is 0 Å². The Morgan fingerprint density at radius 3 is 2.38 bits per heavy atom. The van der Waals surface area contributed by atoms with Gasteiger partial charge in [-0.2, -0.15) is 5.10 Å². The summed E-state index contributed by atoms with van der Waals surface area (Å²) in [5.74, 6) is -0.319. The molecule has 2 aliphatic heterocycles. The van der Waals surface area contributed by atoms with Crippen LogP contribution in [0, 0.1) is 12.8 Å². The van der Waals surface area contributed by atoms with E-state index in [9.17, 15) is 18.0 Å². The van der Waals surface area contributed by atoms with Gasteiger partial charge in [0, 0.05) is 24.7 Å². The van der Waals surface area contributed by atoms with Gasteiger partial charge < -0.3 is 9.80 Å². The molecule has 0 spiro atoms. The molecule has 2 atom stereocenters. The average Bonchev–Trinajstić information content (AvgIpc) is 3.20. The van der Waals surface area contributed by atoms with E-state index in [1.165, 1.54) is 0 Å². The number of carbonyl (C=O) groups is 2. The number of aromatic amines is 1. The van der Waals surface area contributed by atoms with Gasteiger partial charge in [-0.25, -0.2) is 8.42 Å². The molecule has 1 saturated carbocycles. The monoisotopic (exact) mass is 352 g/mol. The number of hydrogen-bond acceptors (Lipinski definition) is 5. The van der Waals surface area contributed by atoms with Gasteiger partial charge in [0.25, 0.3) is 5.91 Å². The Balaban J connectivity index is 1.62. The second-order valence-electron chi connectivity index (χ2n) is 6.95. The first kappa shape index (κ1) is 15.6. The zero-order valence-corrected chi connectivity index (χ0v) is 14.3. The average molecular weight is 352 g/mol. The molecule has 0 radical (unpaired) electrons. The first-order chi connectivity index (χ1) is 11.4. The van der Waals surface area contributed by atoms with E-state index in [2.05, 4.69) is 10.2 Å². The molecule has 24 heavy (non-hydrogen) atoms. The highest BCUT2D eigenvalue weighted by molar-refractivity contribution is 7.91. The zero-order valence-electron chi connectivity index (χ0n) is 13.4. The first-order valence-electron chi connectivity index (χ1n) is 8.19. The quantitative estimate of drug-likeness (QED) is 0.778. The van der Waals surface area contributed by atoms with Crippen molar-refractivity contribution in [2.45, 2.75) is 31.8 Å². The van der Waals surface area contributed by atoms with Crippen LogP contribution in [0.15, 0.2) is 6.07 Å². The Hall–Kier alpha value is -1.90. The Labute approximate surface area is 140 Å². The minimum atomic E-state index is -3.26. The predicted octanol–water partition coefficient (Wildman–Crippen LogP) is -0.422. The van der Waals surface area contributed by atoms with Gasteiger partial charge in [-0.05, 0) is 25.8 Å². The summed E-state index contributed by atoms with van der Waals surface area (Å²) in [6, 6.07) is 0.750. The maximum Gasteiger partial charge on any atom is 0.274 e. The van der Waals surface area contributed by atoms with Gasteiger partial charge in [0.1, 0.15) is 5.69 Å². The first-order valence-corrected chi connectivity index (χ1v) is 10.0. The molecule has 1 N–H and O–H groups in total. The Bertz CT molecular complexity index is 798. The molecule has 3 aliphatic rings. The topological polar surface area (TPSA) is 103 Å². The number of aromatic nitrogens is 2. The number of hydrogen-bond donors (Lipinski definition) is 1. The van der Waals surface area contributed by atoms with Crippen LogP contribution in [0.1, 0.15) is 29.0 Å². The van der Waals surface area contributed by atoms with E-state index in [0.717, 1.165) is 18.5 Å². The van der Waals surface area contributed by atoms with Crippen molar-refractivity contribution in [3.05, 3.63) is 17.5 Å². The lowest BCUT2D eigenvalue weighted by Crippen LogP contribution is -2.62. The van der Waals surface area contributed by atoms with Crippen molar-refractivity contribution in [3.63, 3.8) is 0 Å².